The third kappa shape index (κ3) is 4.92. The van der Waals surface area contributed by atoms with Crippen LogP contribution >= 0.6 is 23.2 Å². The maximum atomic E-state index is 13.6. The number of nitrogens with one attached hydrogen (secondary N) is 2. The normalized spacial score (nSPS) is 28.3. The Balaban J connectivity index is 1.16. The van der Waals surface area contributed by atoms with Crippen LogP contribution in [-0.2, 0) is 9.59 Å². The minimum Gasteiger partial charge on any atom is -0.485 e. The summed E-state index contributed by atoms with van der Waals surface area (Å²) in [5.41, 5.74) is -1.40. The number of aliphatic hydroxyl groups is 1. The molecule has 3 saturated carbocycles. The van der Waals surface area contributed by atoms with Crippen LogP contribution in [0.3, 0.4) is 0 Å². The number of aliphatic hydroxyl groups excluding tert-OH is 1. The van der Waals surface area contributed by atoms with Crippen LogP contribution in [0.5, 0.6) is 17.2 Å². The number of hydrogen-bond acceptors (Lipinski definition) is 6. The fourth-order valence-electron chi connectivity index (χ4n) is 5.21. The molecule has 11 heteroatoms. The molecule has 2 aromatic carbocycles. The standard InChI is InChI=1S/C25H25Cl2FN2O6/c26-14-1-4-18-19(9-14)35-12-20(36-18)23(33)30-24-5-7-25(8-6-24,21(31)11-24)29-22(32)13-34-15-2-3-16(27)17(28)10-15/h1-4,9-10,20-21,31H,5-8,11-13H2,(H,29,32)(H,30,33)/t20-,21-,24?,25?/m1/s1. The molecule has 2 atom stereocenters. The predicted octanol–water partition coefficient (Wildman–Crippen LogP) is 3.40. The summed E-state index contributed by atoms with van der Waals surface area (Å²) in [5.74, 6) is -0.264. The molecule has 2 amide bonds. The van der Waals surface area contributed by atoms with Crippen LogP contribution in [0.4, 0.5) is 4.39 Å². The number of benzene rings is 2. The second-order valence-electron chi connectivity index (χ2n) is 9.57. The highest BCUT2D eigenvalue weighted by Gasteiger charge is 2.55. The van der Waals surface area contributed by atoms with Crippen molar-refractivity contribution in [2.75, 3.05) is 13.2 Å². The van der Waals surface area contributed by atoms with E-state index >= 15 is 0 Å². The molecule has 0 spiro atoms. The number of ether oxygens (including phenoxy) is 3. The first-order valence-corrected chi connectivity index (χ1v) is 12.4. The lowest BCUT2D eigenvalue weighted by Crippen LogP contribution is -2.71. The van der Waals surface area contributed by atoms with Gasteiger partial charge in [0, 0.05) is 22.7 Å². The number of fused-ring (bicyclic) bond motifs is 4. The molecule has 3 N–H and O–H groups in total. The lowest BCUT2D eigenvalue weighted by Gasteiger charge is -2.56. The molecule has 3 fully saturated rings. The van der Waals surface area contributed by atoms with E-state index in [-0.39, 0.29) is 29.9 Å². The molecule has 192 valence electrons. The van der Waals surface area contributed by atoms with E-state index in [9.17, 15) is 19.1 Å². The van der Waals surface area contributed by atoms with E-state index < -0.39 is 35.0 Å². The van der Waals surface area contributed by atoms with Gasteiger partial charge < -0.3 is 30.0 Å². The van der Waals surface area contributed by atoms with Gasteiger partial charge in [0.25, 0.3) is 11.8 Å². The highest BCUT2D eigenvalue weighted by molar-refractivity contribution is 6.31. The molecule has 1 aliphatic heterocycles. The van der Waals surface area contributed by atoms with Gasteiger partial charge in [-0.25, -0.2) is 4.39 Å². The smallest absolute Gasteiger partial charge is 0.265 e. The van der Waals surface area contributed by atoms with Crippen molar-refractivity contribution in [1.29, 1.82) is 0 Å². The van der Waals surface area contributed by atoms with Crippen molar-refractivity contribution < 1.29 is 33.3 Å². The number of carbonyl (C=O) groups is 2. The number of carbonyl (C=O) groups excluding carboxylic acids is 2. The Bertz CT molecular complexity index is 1190. The van der Waals surface area contributed by atoms with Crippen molar-refractivity contribution in [1.82, 2.24) is 10.6 Å². The second kappa shape index (κ2) is 9.61. The lowest BCUT2D eigenvalue weighted by atomic mass is 9.60. The Morgan fingerprint density at radius 1 is 1.08 bits per heavy atom. The van der Waals surface area contributed by atoms with Gasteiger partial charge >= 0.3 is 0 Å². The molecular formula is C25H25Cl2FN2O6. The maximum absolute atomic E-state index is 13.6. The Morgan fingerprint density at radius 3 is 2.58 bits per heavy atom. The average molecular weight is 539 g/mol. The van der Waals surface area contributed by atoms with E-state index in [1.807, 2.05) is 0 Å². The first-order valence-electron chi connectivity index (χ1n) is 11.7. The third-order valence-corrected chi connectivity index (χ3v) is 7.76. The second-order valence-corrected chi connectivity index (χ2v) is 10.4. The van der Waals surface area contributed by atoms with E-state index in [0.29, 0.717) is 48.6 Å². The van der Waals surface area contributed by atoms with Crippen LogP contribution in [-0.4, -0.2) is 53.4 Å². The van der Waals surface area contributed by atoms with Gasteiger partial charge in [0.15, 0.2) is 18.1 Å². The van der Waals surface area contributed by atoms with Gasteiger partial charge in [-0.15, -0.1) is 0 Å². The summed E-state index contributed by atoms with van der Waals surface area (Å²) in [6.07, 6.45) is 0.746. The average Bonchev–Trinajstić information content (AvgIpc) is 2.85. The molecule has 2 bridgehead atoms. The zero-order chi connectivity index (χ0) is 25.5. The molecule has 0 unspecified atom stereocenters. The molecule has 8 nitrogen and oxygen atoms in total. The first kappa shape index (κ1) is 24.9. The molecule has 1 heterocycles. The Hall–Kier alpha value is -2.75. The van der Waals surface area contributed by atoms with E-state index in [4.69, 9.17) is 37.4 Å². The van der Waals surface area contributed by atoms with Crippen molar-refractivity contribution in [3.05, 3.63) is 52.3 Å². The minimum atomic E-state index is -0.858. The fourth-order valence-corrected chi connectivity index (χ4v) is 5.49. The van der Waals surface area contributed by atoms with Gasteiger partial charge in [0.05, 0.1) is 16.7 Å². The van der Waals surface area contributed by atoms with E-state index in [1.165, 1.54) is 12.1 Å². The summed E-state index contributed by atoms with van der Waals surface area (Å²) in [7, 11) is 0. The zero-order valence-electron chi connectivity index (χ0n) is 19.2. The molecule has 2 aromatic rings. The molecule has 6 rings (SSSR count). The van der Waals surface area contributed by atoms with Gasteiger partial charge in [0.1, 0.15) is 18.2 Å². The van der Waals surface area contributed by atoms with Gasteiger partial charge in [0.2, 0.25) is 6.10 Å². The van der Waals surface area contributed by atoms with Gasteiger partial charge in [-0.2, -0.15) is 0 Å². The third-order valence-electron chi connectivity index (χ3n) is 7.22. The number of halogens is 3. The number of amides is 2. The summed E-state index contributed by atoms with van der Waals surface area (Å²) < 4.78 is 30.4. The lowest BCUT2D eigenvalue weighted by molar-refractivity contribution is -0.140. The van der Waals surface area contributed by atoms with Crippen LogP contribution in [0, 0.1) is 5.82 Å². The van der Waals surface area contributed by atoms with Crippen molar-refractivity contribution >= 4 is 35.0 Å². The van der Waals surface area contributed by atoms with Crippen LogP contribution < -0.4 is 24.8 Å². The summed E-state index contributed by atoms with van der Waals surface area (Å²) in [4.78, 5) is 25.6. The van der Waals surface area contributed by atoms with Crippen LogP contribution in [0.2, 0.25) is 10.0 Å². The Labute approximate surface area is 217 Å². The van der Waals surface area contributed by atoms with Crippen molar-refractivity contribution in [3.63, 3.8) is 0 Å². The topological polar surface area (TPSA) is 106 Å². The molecule has 3 aliphatic carbocycles. The molecule has 0 aromatic heterocycles. The Kier molecular flexibility index (Phi) is 6.65. The molecule has 0 saturated heterocycles. The minimum absolute atomic E-state index is 0.0360. The summed E-state index contributed by atoms with van der Waals surface area (Å²) in [5, 5.41) is 17.4. The quantitative estimate of drug-likeness (QED) is 0.520. The van der Waals surface area contributed by atoms with E-state index in [0.717, 1.165) is 6.07 Å². The summed E-state index contributed by atoms with van der Waals surface area (Å²) in [6, 6.07) is 8.88. The van der Waals surface area contributed by atoms with Crippen LogP contribution in [0.1, 0.15) is 32.1 Å². The Morgan fingerprint density at radius 2 is 1.86 bits per heavy atom. The highest BCUT2D eigenvalue weighted by atomic mass is 35.5. The molecule has 36 heavy (non-hydrogen) atoms. The largest absolute Gasteiger partial charge is 0.485 e. The van der Waals surface area contributed by atoms with E-state index in [2.05, 4.69) is 10.6 Å². The summed E-state index contributed by atoms with van der Waals surface area (Å²) >= 11 is 11.6. The van der Waals surface area contributed by atoms with Crippen LogP contribution in [0.25, 0.3) is 0 Å². The number of hydrogen-bond donors (Lipinski definition) is 3. The van der Waals surface area contributed by atoms with Crippen molar-refractivity contribution in [2.45, 2.75) is 55.4 Å². The highest BCUT2D eigenvalue weighted by Crippen LogP contribution is 2.47. The molecule has 0 radical (unpaired) electrons. The maximum Gasteiger partial charge on any atom is 0.265 e. The monoisotopic (exact) mass is 538 g/mol. The van der Waals surface area contributed by atoms with E-state index in [1.54, 1.807) is 18.2 Å². The van der Waals surface area contributed by atoms with Crippen molar-refractivity contribution in [3.8, 4) is 17.2 Å². The summed E-state index contributed by atoms with van der Waals surface area (Å²) in [6.45, 7) is -0.279. The van der Waals surface area contributed by atoms with Gasteiger partial charge in [-0.1, -0.05) is 23.2 Å². The zero-order valence-corrected chi connectivity index (χ0v) is 20.7. The SMILES string of the molecule is O=C(COc1ccc(Cl)c(F)c1)NC12CCC(NC(=O)[C@H]3COc4cc(Cl)ccc4O3)(CC1)C[C@H]2O. The van der Waals surface area contributed by atoms with Crippen LogP contribution in [0.15, 0.2) is 36.4 Å². The number of rotatable bonds is 6. The molecular weight excluding hydrogens is 514 g/mol. The van der Waals surface area contributed by atoms with Crippen molar-refractivity contribution in [2.24, 2.45) is 0 Å². The predicted molar refractivity (Wildman–Crippen MR) is 129 cm³/mol. The van der Waals surface area contributed by atoms with Gasteiger partial charge in [-0.05, 0) is 56.4 Å². The molecule has 4 aliphatic rings. The fraction of sp³-hybridized carbons (Fsp3) is 0.440. The first-order chi connectivity index (χ1) is 17.2. The van der Waals surface area contributed by atoms with Gasteiger partial charge in [-0.3, -0.25) is 9.59 Å².